The van der Waals surface area contributed by atoms with Gasteiger partial charge >= 0.3 is 0 Å². The molecule has 0 bridgehead atoms. The number of likely N-dealkylation sites (tertiary alicyclic amines) is 1. The van der Waals surface area contributed by atoms with Gasteiger partial charge in [0.25, 0.3) is 0 Å². The molecule has 2 fully saturated rings. The Morgan fingerprint density at radius 2 is 2.00 bits per heavy atom. The summed E-state index contributed by atoms with van der Waals surface area (Å²) < 4.78 is 5.33. The van der Waals surface area contributed by atoms with E-state index in [0.29, 0.717) is 6.04 Å². The molecule has 7 nitrogen and oxygen atoms in total. The zero-order chi connectivity index (χ0) is 13.7. The number of amides is 2. The first-order chi connectivity index (χ1) is 9.20. The molecule has 7 heteroatoms. The fourth-order valence-corrected chi connectivity index (χ4v) is 2.57. The summed E-state index contributed by atoms with van der Waals surface area (Å²) in [6.45, 7) is 4.91. The van der Waals surface area contributed by atoms with Crippen LogP contribution in [-0.2, 0) is 14.3 Å². The summed E-state index contributed by atoms with van der Waals surface area (Å²) in [5, 5.41) is 2.51. The molecule has 2 aliphatic rings. The summed E-state index contributed by atoms with van der Waals surface area (Å²) in [6.07, 6.45) is 0.997. The molecule has 0 aromatic carbocycles. The highest BCUT2D eigenvalue weighted by Gasteiger charge is 2.30. The van der Waals surface area contributed by atoms with Crippen molar-refractivity contribution in [2.24, 2.45) is 5.73 Å². The van der Waals surface area contributed by atoms with Crippen molar-refractivity contribution in [3.8, 4) is 0 Å². The second-order valence-electron chi connectivity index (χ2n) is 4.91. The van der Waals surface area contributed by atoms with Crippen molar-refractivity contribution in [2.45, 2.75) is 12.5 Å². The maximum absolute atomic E-state index is 11.9. The highest BCUT2D eigenvalue weighted by atomic mass is 16.5. The number of carbonyl (C=O) groups is 2. The van der Waals surface area contributed by atoms with Crippen molar-refractivity contribution < 1.29 is 14.3 Å². The van der Waals surface area contributed by atoms with E-state index in [4.69, 9.17) is 10.5 Å². The van der Waals surface area contributed by atoms with Gasteiger partial charge in [0, 0.05) is 32.2 Å². The number of ether oxygens (including phenoxy) is 1. The zero-order valence-electron chi connectivity index (χ0n) is 11.1. The molecule has 1 unspecified atom stereocenters. The molecule has 0 aromatic heterocycles. The Labute approximate surface area is 113 Å². The van der Waals surface area contributed by atoms with Gasteiger partial charge in [-0.1, -0.05) is 0 Å². The second-order valence-corrected chi connectivity index (χ2v) is 4.91. The van der Waals surface area contributed by atoms with Crippen LogP contribution in [0, 0.1) is 0 Å². The number of hydrogen-bond acceptors (Lipinski definition) is 5. The molecule has 2 saturated heterocycles. The lowest BCUT2D eigenvalue weighted by molar-refractivity contribution is -0.131. The number of morpholine rings is 1. The summed E-state index contributed by atoms with van der Waals surface area (Å²) in [6, 6.07) is 0.429. The first kappa shape index (κ1) is 14.2. The molecule has 2 aliphatic heterocycles. The molecule has 108 valence electrons. The minimum absolute atomic E-state index is 0.0300. The molecule has 2 amide bonds. The largest absolute Gasteiger partial charge is 0.379 e. The minimum atomic E-state index is -0.294. The second kappa shape index (κ2) is 6.83. The van der Waals surface area contributed by atoms with Crippen molar-refractivity contribution in [1.82, 2.24) is 15.1 Å². The van der Waals surface area contributed by atoms with Gasteiger partial charge in [0.1, 0.15) is 0 Å². The fourth-order valence-electron chi connectivity index (χ4n) is 2.57. The number of nitrogens with zero attached hydrogens (tertiary/aromatic N) is 2. The molecule has 0 saturated carbocycles. The Morgan fingerprint density at radius 1 is 1.26 bits per heavy atom. The van der Waals surface area contributed by atoms with Crippen molar-refractivity contribution >= 4 is 11.8 Å². The molecule has 19 heavy (non-hydrogen) atoms. The number of carbonyl (C=O) groups excluding carboxylic acids is 2. The van der Waals surface area contributed by atoms with Crippen LogP contribution in [0.1, 0.15) is 6.42 Å². The predicted octanol–water partition coefficient (Wildman–Crippen LogP) is -2.01. The fraction of sp³-hybridized carbons (Fsp3) is 0.833. The predicted molar refractivity (Wildman–Crippen MR) is 69.4 cm³/mol. The van der Waals surface area contributed by atoms with Crippen LogP contribution in [0.25, 0.3) is 0 Å². The number of nitrogens with two attached hydrogens (primary N) is 1. The Balaban J connectivity index is 1.74. The van der Waals surface area contributed by atoms with E-state index >= 15 is 0 Å². The standard InChI is InChI=1S/C12H22N4O3/c13-7-11(17)14-8-12(18)16-2-1-10(9-16)15-3-5-19-6-4-15/h10H,1-9,13H2,(H,14,17). The third kappa shape index (κ3) is 3.89. The summed E-state index contributed by atoms with van der Waals surface area (Å²) in [5.74, 6) is -0.324. The van der Waals surface area contributed by atoms with Crippen molar-refractivity contribution in [3.63, 3.8) is 0 Å². The molecule has 3 N–H and O–H groups in total. The van der Waals surface area contributed by atoms with Crippen LogP contribution in [0.15, 0.2) is 0 Å². The summed E-state index contributed by atoms with van der Waals surface area (Å²) in [5.41, 5.74) is 5.18. The molecule has 1 atom stereocenters. The maximum Gasteiger partial charge on any atom is 0.242 e. The van der Waals surface area contributed by atoms with Gasteiger partial charge in [-0.05, 0) is 6.42 Å². The van der Waals surface area contributed by atoms with Gasteiger partial charge in [-0.2, -0.15) is 0 Å². The van der Waals surface area contributed by atoms with Crippen LogP contribution in [0.3, 0.4) is 0 Å². The number of rotatable bonds is 4. The van der Waals surface area contributed by atoms with Crippen LogP contribution in [0.5, 0.6) is 0 Å². The highest BCUT2D eigenvalue weighted by molar-refractivity contribution is 5.85. The van der Waals surface area contributed by atoms with E-state index in [-0.39, 0.29) is 24.9 Å². The van der Waals surface area contributed by atoms with Gasteiger partial charge in [-0.3, -0.25) is 14.5 Å². The van der Waals surface area contributed by atoms with Gasteiger partial charge in [-0.15, -0.1) is 0 Å². The van der Waals surface area contributed by atoms with Crippen molar-refractivity contribution in [1.29, 1.82) is 0 Å². The molecule has 0 aromatic rings. The van der Waals surface area contributed by atoms with E-state index in [1.54, 1.807) is 0 Å². The van der Waals surface area contributed by atoms with E-state index in [2.05, 4.69) is 10.2 Å². The van der Waals surface area contributed by atoms with Gasteiger partial charge < -0.3 is 20.7 Å². The summed E-state index contributed by atoms with van der Waals surface area (Å²) in [4.78, 5) is 27.1. The first-order valence-corrected chi connectivity index (χ1v) is 6.77. The quantitative estimate of drug-likeness (QED) is 0.616. The van der Waals surface area contributed by atoms with E-state index in [1.165, 1.54) is 0 Å². The molecular formula is C12H22N4O3. The van der Waals surface area contributed by atoms with Crippen LogP contribution >= 0.6 is 0 Å². The topological polar surface area (TPSA) is 87.9 Å². The van der Waals surface area contributed by atoms with E-state index in [9.17, 15) is 9.59 Å². The Bertz CT molecular complexity index is 331. The lowest BCUT2D eigenvalue weighted by Gasteiger charge is -2.32. The molecule has 0 radical (unpaired) electrons. The lowest BCUT2D eigenvalue weighted by atomic mass is 10.2. The third-order valence-corrected chi connectivity index (χ3v) is 3.70. The number of nitrogens with one attached hydrogen (secondary N) is 1. The smallest absolute Gasteiger partial charge is 0.242 e. The van der Waals surface area contributed by atoms with E-state index in [1.807, 2.05) is 4.90 Å². The van der Waals surface area contributed by atoms with Gasteiger partial charge in [0.2, 0.25) is 11.8 Å². The lowest BCUT2D eigenvalue weighted by Crippen LogP contribution is -2.46. The van der Waals surface area contributed by atoms with Crippen molar-refractivity contribution in [3.05, 3.63) is 0 Å². The van der Waals surface area contributed by atoms with Crippen LogP contribution < -0.4 is 11.1 Å². The molecule has 2 rings (SSSR count). The summed E-state index contributed by atoms with van der Waals surface area (Å²) in [7, 11) is 0. The Hall–Kier alpha value is -1.18. The maximum atomic E-state index is 11.9. The number of hydrogen-bond donors (Lipinski definition) is 2. The van der Waals surface area contributed by atoms with Gasteiger partial charge in [0.05, 0.1) is 26.3 Å². The molecule has 0 spiro atoms. The SMILES string of the molecule is NCC(=O)NCC(=O)N1CCC(N2CCOCC2)C1. The Morgan fingerprint density at radius 3 is 2.68 bits per heavy atom. The minimum Gasteiger partial charge on any atom is -0.379 e. The molecule has 2 heterocycles. The average Bonchev–Trinajstić information content (AvgIpc) is 2.95. The average molecular weight is 270 g/mol. The normalized spacial score (nSPS) is 24.5. The van der Waals surface area contributed by atoms with Crippen LogP contribution in [-0.4, -0.2) is 80.1 Å². The van der Waals surface area contributed by atoms with Crippen molar-refractivity contribution in [2.75, 3.05) is 52.5 Å². The highest BCUT2D eigenvalue weighted by Crippen LogP contribution is 2.16. The van der Waals surface area contributed by atoms with E-state index < -0.39 is 0 Å². The zero-order valence-corrected chi connectivity index (χ0v) is 11.1. The van der Waals surface area contributed by atoms with Crippen LogP contribution in [0.2, 0.25) is 0 Å². The van der Waals surface area contributed by atoms with Gasteiger partial charge in [0.15, 0.2) is 0 Å². The monoisotopic (exact) mass is 270 g/mol. The third-order valence-electron chi connectivity index (χ3n) is 3.70. The molecular weight excluding hydrogens is 248 g/mol. The first-order valence-electron chi connectivity index (χ1n) is 6.77. The Kier molecular flexibility index (Phi) is 5.12. The summed E-state index contributed by atoms with van der Waals surface area (Å²) >= 11 is 0. The van der Waals surface area contributed by atoms with Crippen LogP contribution in [0.4, 0.5) is 0 Å². The van der Waals surface area contributed by atoms with Gasteiger partial charge in [-0.25, -0.2) is 0 Å². The van der Waals surface area contributed by atoms with E-state index in [0.717, 1.165) is 45.8 Å². The molecule has 0 aliphatic carbocycles.